The van der Waals surface area contributed by atoms with Crippen LogP contribution in [0.15, 0.2) is 40.8 Å². The summed E-state index contributed by atoms with van der Waals surface area (Å²) >= 11 is 0. The molecule has 3 rings (SSSR count). The Hall–Kier alpha value is -1.94. The smallest absolute Gasteiger partial charge is 0.137 e. The fraction of sp³-hybridized carbons (Fsp3) is 0.353. The van der Waals surface area contributed by atoms with Gasteiger partial charge in [0.25, 0.3) is 0 Å². The third-order valence-corrected chi connectivity index (χ3v) is 3.91. The molecule has 0 fully saturated rings. The number of hydrogen-bond donors (Lipinski definition) is 1. The van der Waals surface area contributed by atoms with Crippen molar-refractivity contribution in [2.45, 2.75) is 26.4 Å². The zero-order valence-corrected chi connectivity index (χ0v) is 12.5. The number of nitrogens with zero attached hydrogens (tertiary/aromatic N) is 2. The minimum Gasteiger partial charge on any atom is -0.305 e. The van der Waals surface area contributed by atoms with Gasteiger partial charge in [-0.05, 0) is 36.2 Å². The first-order valence-corrected chi connectivity index (χ1v) is 7.35. The Bertz CT molecular complexity index is 643. The average molecular weight is 285 g/mol. The lowest BCUT2D eigenvalue weighted by atomic mass is 9.97. The molecule has 0 spiro atoms. The maximum atomic E-state index is 14.7. The van der Waals surface area contributed by atoms with E-state index in [9.17, 15) is 4.39 Å². The monoisotopic (exact) mass is 285 g/mol. The molecule has 0 saturated carbocycles. The Morgan fingerprint density at radius 2 is 2.19 bits per heavy atom. The van der Waals surface area contributed by atoms with E-state index in [1.165, 1.54) is 11.1 Å². The zero-order chi connectivity index (χ0) is 14.8. The SMILES string of the molecule is CC/C=C(\C(F)=C1\C=NNC1)c1ccc2c(c1)CN(C)C2. The predicted octanol–water partition coefficient (Wildman–Crippen LogP) is 3.24. The Morgan fingerprint density at radius 1 is 1.38 bits per heavy atom. The van der Waals surface area contributed by atoms with Gasteiger partial charge in [-0.3, -0.25) is 4.90 Å². The van der Waals surface area contributed by atoms with Gasteiger partial charge in [-0.15, -0.1) is 0 Å². The highest BCUT2D eigenvalue weighted by molar-refractivity contribution is 5.89. The largest absolute Gasteiger partial charge is 0.305 e. The van der Waals surface area contributed by atoms with Crippen LogP contribution in [0.4, 0.5) is 4.39 Å². The Morgan fingerprint density at radius 3 is 2.90 bits per heavy atom. The minimum absolute atomic E-state index is 0.170. The molecule has 1 aromatic rings. The van der Waals surface area contributed by atoms with E-state index < -0.39 is 0 Å². The molecule has 2 aliphatic rings. The summed E-state index contributed by atoms with van der Waals surface area (Å²) in [6.07, 6.45) is 4.33. The van der Waals surface area contributed by atoms with Crippen LogP contribution in [0.2, 0.25) is 0 Å². The van der Waals surface area contributed by atoms with Crippen LogP contribution in [0, 0.1) is 0 Å². The highest BCUT2D eigenvalue weighted by atomic mass is 19.1. The van der Waals surface area contributed by atoms with Gasteiger partial charge in [0.05, 0.1) is 12.8 Å². The van der Waals surface area contributed by atoms with E-state index in [2.05, 4.69) is 34.6 Å². The lowest BCUT2D eigenvalue weighted by molar-refractivity contribution is 0.353. The summed E-state index contributed by atoms with van der Waals surface area (Å²) in [5.74, 6) is -0.170. The molecular formula is C17H20FN3. The third-order valence-electron chi connectivity index (χ3n) is 3.91. The molecule has 0 aromatic heterocycles. The van der Waals surface area contributed by atoms with E-state index in [0.717, 1.165) is 25.1 Å². The molecule has 0 bridgehead atoms. The van der Waals surface area contributed by atoms with Crippen molar-refractivity contribution in [1.29, 1.82) is 0 Å². The van der Waals surface area contributed by atoms with Crippen molar-refractivity contribution >= 4 is 11.8 Å². The number of fused-ring (bicyclic) bond motifs is 1. The molecule has 0 amide bonds. The molecule has 0 atom stereocenters. The topological polar surface area (TPSA) is 27.6 Å². The van der Waals surface area contributed by atoms with Gasteiger partial charge >= 0.3 is 0 Å². The summed E-state index contributed by atoms with van der Waals surface area (Å²) < 4.78 is 14.7. The lowest BCUT2D eigenvalue weighted by Gasteiger charge is -2.09. The van der Waals surface area contributed by atoms with Crippen LogP contribution in [0.25, 0.3) is 5.57 Å². The summed E-state index contributed by atoms with van der Waals surface area (Å²) in [5.41, 5.74) is 7.68. The van der Waals surface area contributed by atoms with Crippen molar-refractivity contribution < 1.29 is 4.39 Å². The number of hydrazone groups is 1. The molecule has 2 heterocycles. The molecule has 2 aliphatic heterocycles. The van der Waals surface area contributed by atoms with Crippen molar-refractivity contribution in [2.75, 3.05) is 13.6 Å². The molecule has 0 aliphatic carbocycles. The first-order chi connectivity index (χ1) is 10.2. The van der Waals surface area contributed by atoms with Crippen LogP contribution >= 0.6 is 0 Å². The average Bonchev–Trinajstić information content (AvgIpc) is 3.11. The fourth-order valence-corrected chi connectivity index (χ4v) is 2.88. The van der Waals surface area contributed by atoms with E-state index in [-0.39, 0.29) is 5.83 Å². The Labute approximate surface area is 124 Å². The molecule has 21 heavy (non-hydrogen) atoms. The van der Waals surface area contributed by atoms with E-state index >= 15 is 0 Å². The molecule has 4 heteroatoms. The van der Waals surface area contributed by atoms with Crippen LogP contribution in [-0.4, -0.2) is 24.7 Å². The van der Waals surface area contributed by atoms with E-state index in [0.29, 0.717) is 17.7 Å². The normalized spacial score (nSPS) is 20.6. The van der Waals surface area contributed by atoms with Crippen LogP contribution in [0.1, 0.15) is 30.0 Å². The van der Waals surface area contributed by atoms with Gasteiger partial charge in [0.1, 0.15) is 5.83 Å². The standard InChI is InChI=1S/C17H20FN3/c1-3-4-16(17(18)15-8-19-20-9-15)12-5-6-13-10-21(2)11-14(13)7-12/h4-8,20H,3,9-11H2,1-2H3/b16-4-,17-15+. The quantitative estimate of drug-likeness (QED) is 0.923. The number of allylic oxidation sites excluding steroid dienone is 3. The highest BCUT2D eigenvalue weighted by Gasteiger charge is 2.19. The van der Waals surface area contributed by atoms with Crippen molar-refractivity contribution in [3.05, 3.63) is 52.4 Å². The maximum absolute atomic E-state index is 14.7. The predicted molar refractivity (Wildman–Crippen MR) is 84.5 cm³/mol. The van der Waals surface area contributed by atoms with Crippen LogP contribution < -0.4 is 5.43 Å². The maximum Gasteiger partial charge on any atom is 0.137 e. The van der Waals surface area contributed by atoms with Crippen LogP contribution in [-0.2, 0) is 13.1 Å². The molecule has 0 unspecified atom stereocenters. The summed E-state index contributed by atoms with van der Waals surface area (Å²) in [4.78, 5) is 2.26. The van der Waals surface area contributed by atoms with Crippen LogP contribution in [0.3, 0.4) is 0 Å². The number of benzene rings is 1. The van der Waals surface area contributed by atoms with E-state index in [4.69, 9.17) is 0 Å². The summed E-state index contributed by atoms with van der Waals surface area (Å²) in [6, 6.07) is 6.27. The fourth-order valence-electron chi connectivity index (χ4n) is 2.88. The Balaban J connectivity index is 2.00. The lowest BCUT2D eigenvalue weighted by Crippen LogP contribution is -2.07. The highest BCUT2D eigenvalue weighted by Crippen LogP contribution is 2.31. The molecule has 110 valence electrons. The second-order valence-electron chi connectivity index (χ2n) is 5.61. The molecule has 1 N–H and O–H groups in total. The second-order valence-corrected chi connectivity index (χ2v) is 5.61. The van der Waals surface area contributed by atoms with Gasteiger partial charge in [-0.25, -0.2) is 4.39 Å². The minimum atomic E-state index is -0.170. The van der Waals surface area contributed by atoms with Crippen molar-refractivity contribution in [2.24, 2.45) is 5.10 Å². The number of halogens is 1. The number of rotatable bonds is 3. The molecular weight excluding hydrogens is 265 g/mol. The second kappa shape index (κ2) is 5.82. The van der Waals surface area contributed by atoms with Gasteiger partial charge in [-0.1, -0.05) is 25.1 Å². The third kappa shape index (κ3) is 2.76. The van der Waals surface area contributed by atoms with Crippen molar-refractivity contribution in [3.8, 4) is 0 Å². The van der Waals surface area contributed by atoms with Crippen molar-refractivity contribution in [3.63, 3.8) is 0 Å². The van der Waals surface area contributed by atoms with Gasteiger partial charge in [-0.2, -0.15) is 5.10 Å². The van der Waals surface area contributed by atoms with Gasteiger partial charge < -0.3 is 5.43 Å². The Kier molecular flexibility index (Phi) is 3.88. The first-order valence-electron chi connectivity index (χ1n) is 7.35. The van der Waals surface area contributed by atoms with Gasteiger partial charge in [0.2, 0.25) is 0 Å². The van der Waals surface area contributed by atoms with E-state index in [1.807, 2.05) is 19.1 Å². The molecule has 0 saturated heterocycles. The molecule has 1 aromatic carbocycles. The van der Waals surface area contributed by atoms with E-state index in [1.54, 1.807) is 6.21 Å². The van der Waals surface area contributed by atoms with Crippen LogP contribution in [0.5, 0.6) is 0 Å². The summed E-state index contributed by atoms with van der Waals surface area (Å²) in [6.45, 7) is 4.40. The van der Waals surface area contributed by atoms with Crippen molar-refractivity contribution in [1.82, 2.24) is 10.3 Å². The first kappa shape index (κ1) is 14.0. The number of hydrogen-bond acceptors (Lipinski definition) is 3. The number of nitrogens with one attached hydrogen (secondary N) is 1. The summed E-state index contributed by atoms with van der Waals surface area (Å²) in [7, 11) is 2.10. The molecule has 3 nitrogen and oxygen atoms in total. The van der Waals surface area contributed by atoms with Gasteiger partial charge in [0, 0.05) is 24.2 Å². The zero-order valence-electron chi connectivity index (χ0n) is 12.5. The summed E-state index contributed by atoms with van der Waals surface area (Å²) in [5, 5.41) is 3.88. The van der Waals surface area contributed by atoms with Gasteiger partial charge in [0.15, 0.2) is 0 Å². The molecule has 0 radical (unpaired) electrons.